The molecular weight excluding hydrogens is 190 g/mol. The second kappa shape index (κ2) is 3.07. The van der Waals surface area contributed by atoms with Gasteiger partial charge in [0, 0.05) is 6.04 Å². The zero-order chi connectivity index (χ0) is 10.4. The predicted molar refractivity (Wildman–Crippen MR) is 56.3 cm³/mol. The summed E-state index contributed by atoms with van der Waals surface area (Å²) < 4.78 is 5.32. The summed E-state index contributed by atoms with van der Waals surface area (Å²) in [6.45, 7) is 0.199. The molecule has 1 aromatic carbocycles. The van der Waals surface area contributed by atoms with Crippen molar-refractivity contribution in [3.63, 3.8) is 0 Å². The normalized spacial score (nSPS) is 23.3. The van der Waals surface area contributed by atoms with Crippen molar-refractivity contribution in [3.8, 4) is 5.75 Å². The van der Waals surface area contributed by atoms with Crippen LogP contribution in [-0.4, -0.2) is 18.4 Å². The molecule has 15 heavy (non-hydrogen) atoms. The highest BCUT2D eigenvalue weighted by Crippen LogP contribution is 2.32. The fourth-order valence-electron chi connectivity index (χ4n) is 2.37. The summed E-state index contributed by atoms with van der Waals surface area (Å²) in [5.41, 5.74) is 9.19. The molecule has 0 spiro atoms. The molecule has 0 radical (unpaired) electrons. The van der Waals surface area contributed by atoms with Gasteiger partial charge in [-0.15, -0.1) is 0 Å². The Hall–Kier alpha value is -1.35. The number of fused-ring (bicyclic) bond motifs is 2. The van der Waals surface area contributed by atoms with Crippen molar-refractivity contribution in [2.45, 2.75) is 25.3 Å². The molecule has 0 saturated heterocycles. The number of aryl methyl sites for hydroxylation is 1. The van der Waals surface area contributed by atoms with Crippen LogP contribution in [0.2, 0.25) is 0 Å². The van der Waals surface area contributed by atoms with Crippen molar-refractivity contribution >= 4 is 5.78 Å². The standard InChI is InChI=1S/C12H13NO2/c13-9-2-1-7-4-10-11(14)6-15-12(10)5-8(7)3-9/h4-5,9H,1-3,6,13H2. The van der Waals surface area contributed by atoms with Gasteiger partial charge < -0.3 is 10.5 Å². The van der Waals surface area contributed by atoms with Gasteiger partial charge >= 0.3 is 0 Å². The average Bonchev–Trinajstić information content (AvgIpc) is 2.57. The van der Waals surface area contributed by atoms with Crippen LogP contribution in [0.3, 0.4) is 0 Å². The molecule has 3 nitrogen and oxygen atoms in total. The monoisotopic (exact) mass is 203 g/mol. The van der Waals surface area contributed by atoms with Crippen LogP contribution in [0, 0.1) is 0 Å². The number of ether oxygens (including phenoxy) is 1. The van der Waals surface area contributed by atoms with E-state index >= 15 is 0 Å². The number of hydrogen-bond donors (Lipinski definition) is 1. The van der Waals surface area contributed by atoms with Gasteiger partial charge in [-0.2, -0.15) is 0 Å². The average molecular weight is 203 g/mol. The second-order valence-electron chi connectivity index (χ2n) is 4.33. The summed E-state index contributed by atoms with van der Waals surface area (Å²) in [6.07, 6.45) is 2.90. The van der Waals surface area contributed by atoms with Gasteiger partial charge in [0.15, 0.2) is 6.61 Å². The van der Waals surface area contributed by atoms with E-state index in [2.05, 4.69) is 0 Å². The molecule has 2 aliphatic rings. The first-order valence-electron chi connectivity index (χ1n) is 5.31. The number of carbonyl (C=O) groups is 1. The molecule has 1 unspecified atom stereocenters. The Kier molecular flexibility index (Phi) is 1.83. The van der Waals surface area contributed by atoms with Crippen LogP contribution < -0.4 is 10.5 Å². The lowest BCUT2D eigenvalue weighted by Crippen LogP contribution is -2.27. The second-order valence-corrected chi connectivity index (χ2v) is 4.33. The number of rotatable bonds is 0. The van der Waals surface area contributed by atoms with E-state index in [0.29, 0.717) is 0 Å². The van der Waals surface area contributed by atoms with Gasteiger partial charge in [0.2, 0.25) is 5.78 Å². The summed E-state index contributed by atoms with van der Waals surface area (Å²) >= 11 is 0. The molecule has 0 amide bonds. The maximum Gasteiger partial charge on any atom is 0.203 e. The first kappa shape index (κ1) is 8.92. The maximum absolute atomic E-state index is 11.5. The quantitative estimate of drug-likeness (QED) is 0.686. The molecule has 0 bridgehead atoms. The third-order valence-corrected chi connectivity index (χ3v) is 3.23. The van der Waals surface area contributed by atoms with Gasteiger partial charge in [-0.1, -0.05) is 0 Å². The van der Waals surface area contributed by atoms with Crippen molar-refractivity contribution in [3.05, 3.63) is 28.8 Å². The minimum absolute atomic E-state index is 0.0997. The zero-order valence-corrected chi connectivity index (χ0v) is 8.45. The number of carbonyl (C=O) groups excluding carboxylic acids is 1. The van der Waals surface area contributed by atoms with Crippen molar-refractivity contribution in [2.24, 2.45) is 5.73 Å². The highest BCUT2D eigenvalue weighted by Gasteiger charge is 2.25. The minimum atomic E-state index is 0.0997. The molecule has 0 aromatic heterocycles. The Morgan fingerprint density at radius 1 is 1.33 bits per heavy atom. The number of nitrogens with two attached hydrogens (primary N) is 1. The van der Waals surface area contributed by atoms with Gasteiger partial charge in [0.1, 0.15) is 5.75 Å². The first-order valence-corrected chi connectivity index (χ1v) is 5.31. The fourth-order valence-corrected chi connectivity index (χ4v) is 2.37. The van der Waals surface area contributed by atoms with E-state index in [0.717, 1.165) is 30.6 Å². The molecule has 1 aliphatic heterocycles. The minimum Gasteiger partial charge on any atom is -0.485 e. The number of hydrogen-bond acceptors (Lipinski definition) is 3. The van der Waals surface area contributed by atoms with Crippen molar-refractivity contribution in [2.75, 3.05) is 6.61 Å². The SMILES string of the molecule is NC1CCc2cc3c(cc2C1)OCC3=O. The third-order valence-electron chi connectivity index (χ3n) is 3.23. The van der Waals surface area contributed by atoms with E-state index in [1.807, 2.05) is 12.1 Å². The smallest absolute Gasteiger partial charge is 0.203 e. The van der Waals surface area contributed by atoms with E-state index in [1.165, 1.54) is 11.1 Å². The first-order chi connectivity index (χ1) is 7.24. The van der Waals surface area contributed by atoms with Crippen LogP contribution in [0.4, 0.5) is 0 Å². The Bertz CT molecular complexity index is 439. The largest absolute Gasteiger partial charge is 0.485 e. The van der Waals surface area contributed by atoms with Crippen molar-refractivity contribution in [1.82, 2.24) is 0 Å². The van der Waals surface area contributed by atoms with Gasteiger partial charge in [-0.3, -0.25) is 4.79 Å². The molecule has 3 rings (SSSR count). The molecule has 1 atom stereocenters. The summed E-state index contributed by atoms with van der Waals surface area (Å²) in [4.78, 5) is 11.5. The molecule has 2 N–H and O–H groups in total. The molecule has 3 heteroatoms. The number of ketones is 1. The van der Waals surface area contributed by atoms with E-state index in [-0.39, 0.29) is 18.4 Å². The van der Waals surface area contributed by atoms with Gasteiger partial charge in [-0.25, -0.2) is 0 Å². The van der Waals surface area contributed by atoms with Crippen LogP contribution in [0.25, 0.3) is 0 Å². The lowest BCUT2D eigenvalue weighted by atomic mass is 9.87. The van der Waals surface area contributed by atoms with Crippen LogP contribution in [0.15, 0.2) is 12.1 Å². The predicted octanol–water partition coefficient (Wildman–Crippen LogP) is 1.08. The van der Waals surface area contributed by atoms with E-state index < -0.39 is 0 Å². The maximum atomic E-state index is 11.5. The van der Waals surface area contributed by atoms with Crippen LogP contribution in [-0.2, 0) is 12.8 Å². The lowest BCUT2D eigenvalue weighted by molar-refractivity contribution is 0.0961. The molecule has 0 saturated carbocycles. The molecule has 0 fully saturated rings. The molecule has 1 aliphatic carbocycles. The number of benzene rings is 1. The highest BCUT2D eigenvalue weighted by atomic mass is 16.5. The fraction of sp³-hybridized carbons (Fsp3) is 0.417. The highest BCUT2D eigenvalue weighted by molar-refractivity contribution is 6.02. The summed E-state index contributed by atoms with van der Waals surface area (Å²) in [5, 5.41) is 0. The topological polar surface area (TPSA) is 52.3 Å². The van der Waals surface area contributed by atoms with Crippen molar-refractivity contribution < 1.29 is 9.53 Å². The summed E-state index contributed by atoms with van der Waals surface area (Å²) in [7, 11) is 0. The van der Waals surface area contributed by atoms with Gasteiger partial charge in [0.05, 0.1) is 5.56 Å². The Morgan fingerprint density at radius 3 is 3.07 bits per heavy atom. The Balaban J connectivity index is 2.10. The Morgan fingerprint density at radius 2 is 2.20 bits per heavy atom. The summed E-state index contributed by atoms with van der Waals surface area (Å²) in [5.74, 6) is 0.843. The molecule has 78 valence electrons. The summed E-state index contributed by atoms with van der Waals surface area (Å²) in [6, 6.07) is 4.24. The van der Waals surface area contributed by atoms with Crippen molar-refractivity contribution in [1.29, 1.82) is 0 Å². The number of Topliss-reactive ketones (excluding diaryl/α,β-unsaturated/α-hetero) is 1. The molecule has 1 heterocycles. The van der Waals surface area contributed by atoms with E-state index in [1.54, 1.807) is 0 Å². The van der Waals surface area contributed by atoms with Gasteiger partial charge in [0.25, 0.3) is 0 Å². The van der Waals surface area contributed by atoms with E-state index in [9.17, 15) is 4.79 Å². The van der Waals surface area contributed by atoms with Crippen LogP contribution >= 0.6 is 0 Å². The molecular formula is C12H13NO2. The molecule has 1 aromatic rings. The Labute approximate surface area is 88.2 Å². The van der Waals surface area contributed by atoms with Gasteiger partial charge in [-0.05, 0) is 42.5 Å². The lowest BCUT2D eigenvalue weighted by Gasteiger charge is -2.21. The zero-order valence-electron chi connectivity index (χ0n) is 8.45. The van der Waals surface area contributed by atoms with Crippen LogP contribution in [0.5, 0.6) is 5.75 Å². The van der Waals surface area contributed by atoms with E-state index in [4.69, 9.17) is 10.5 Å². The third kappa shape index (κ3) is 1.35. The van der Waals surface area contributed by atoms with Crippen LogP contribution in [0.1, 0.15) is 27.9 Å².